The molecule has 30 heavy (non-hydrogen) atoms. The topological polar surface area (TPSA) is 40.5 Å². The van der Waals surface area contributed by atoms with Crippen LogP contribution >= 0.6 is 0 Å². The first kappa shape index (κ1) is 21.0. The third-order valence-electron chi connectivity index (χ3n) is 7.18. The molecule has 2 atom stereocenters. The molecule has 0 spiro atoms. The molecular weight excluding hydrogens is 370 g/mol. The van der Waals surface area contributed by atoms with Gasteiger partial charge in [-0.2, -0.15) is 0 Å². The Morgan fingerprint density at radius 1 is 1.07 bits per heavy atom. The second kappa shape index (κ2) is 9.24. The van der Waals surface area contributed by atoms with E-state index in [9.17, 15) is 9.90 Å². The monoisotopic (exact) mass is 405 g/mol. The van der Waals surface area contributed by atoms with Gasteiger partial charge in [0.1, 0.15) is 12.0 Å². The minimum absolute atomic E-state index is 0.234. The van der Waals surface area contributed by atoms with Gasteiger partial charge >= 0.3 is 0 Å². The Kier molecular flexibility index (Phi) is 6.46. The van der Waals surface area contributed by atoms with E-state index in [4.69, 9.17) is 0 Å². The zero-order valence-corrected chi connectivity index (χ0v) is 18.4. The van der Waals surface area contributed by atoms with Crippen LogP contribution in [-0.2, 0) is 11.2 Å². The van der Waals surface area contributed by atoms with Crippen molar-refractivity contribution < 1.29 is 9.90 Å². The number of benzene rings is 2. The van der Waals surface area contributed by atoms with E-state index in [2.05, 4.69) is 49.1 Å². The molecule has 0 unspecified atom stereocenters. The van der Waals surface area contributed by atoms with Gasteiger partial charge in [0.15, 0.2) is 0 Å². The standard InChI is InChI=1S/C27H35NO2/c1-19(2)3-4-21-5-6-23-17-25(30)11-12-26(23)27(21)22-7-9-24(10-8-22)28-15-13-20(18-29)14-16-28/h7-12,17-21,27,30H,3-6,13-16H2,1-2H3/t21-,27+/m0/s1. The number of carbonyl (C=O) groups excluding carboxylic acids is 1. The van der Waals surface area contributed by atoms with E-state index in [0.29, 0.717) is 17.6 Å². The molecule has 4 rings (SSSR count). The zero-order chi connectivity index (χ0) is 21.1. The summed E-state index contributed by atoms with van der Waals surface area (Å²) in [6.07, 6.45) is 7.81. The highest BCUT2D eigenvalue weighted by Gasteiger charge is 2.31. The van der Waals surface area contributed by atoms with E-state index in [-0.39, 0.29) is 5.92 Å². The predicted molar refractivity (Wildman–Crippen MR) is 123 cm³/mol. The minimum Gasteiger partial charge on any atom is -0.508 e. The molecule has 1 N–H and O–H groups in total. The molecule has 1 aliphatic heterocycles. The number of anilines is 1. The summed E-state index contributed by atoms with van der Waals surface area (Å²) < 4.78 is 0. The van der Waals surface area contributed by atoms with Gasteiger partial charge in [-0.1, -0.05) is 38.5 Å². The van der Waals surface area contributed by atoms with Crippen molar-refractivity contribution in [2.45, 2.75) is 58.3 Å². The summed E-state index contributed by atoms with van der Waals surface area (Å²) >= 11 is 0. The number of hydrogen-bond donors (Lipinski definition) is 1. The fourth-order valence-electron chi connectivity index (χ4n) is 5.37. The van der Waals surface area contributed by atoms with Crippen LogP contribution < -0.4 is 4.90 Å². The zero-order valence-electron chi connectivity index (χ0n) is 18.4. The molecule has 1 fully saturated rings. The molecule has 1 heterocycles. The summed E-state index contributed by atoms with van der Waals surface area (Å²) in [4.78, 5) is 13.4. The van der Waals surface area contributed by atoms with Gasteiger partial charge in [-0.05, 0) is 84.9 Å². The summed E-state index contributed by atoms with van der Waals surface area (Å²) in [5, 5.41) is 9.98. The van der Waals surface area contributed by atoms with Crippen molar-refractivity contribution in [3.63, 3.8) is 0 Å². The van der Waals surface area contributed by atoms with Gasteiger partial charge in [-0.15, -0.1) is 0 Å². The Morgan fingerprint density at radius 2 is 1.80 bits per heavy atom. The van der Waals surface area contributed by atoms with Crippen molar-refractivity contribution in [3.8, 4) is 5.75 Å². The fourth-order valence-corrected chi connectivity index (χ4v) is 5.37. The Hall–Kier alpha value is -2.29. The SMILES string of the molecule is CC(C)CC[C@H]1CCc2cc(O)ccc2[C@H]1c1ccc(N2CCC(C=O)CC2)cc1. The highest BCUT2D eigenvalue weighted by molar-refractivity contribution is 5.56. The molecular formula is C27H35NO2. The number of phenols is 1. The van der Waals surface area contributed by atoms with Crippen molar-refractivity contribution in [2.75, 3.05) is 18.0 Å². The summed E-state index contributed by atoms with van der Waals surface area (Å²) in [5.74, 6) is 2.39. The summed E-state index contributed by atoms with van der Waals surface area (Å²) in [5.41, 5.74) is 5.36. The number of aldehydes is 1. The Labute approximate surface area is 181 Å². The molecule has 0 saturated carbocycles. The number of nitrogens with zero attached hydrogens (tertiary/aromatic N) is 1. The quantitative estimate of drug-likeness (QED) is 0.605. The van der Waals surface area contributed by atoms with Gasteiger partial charge in [0.2, 0.25) is 0 Å². The van der Waals surface area contributed by atoms with Crippen LogP contribution in [0.1, 0.15) is 68.6 Å². The molecule has 1 aliphatic carbocycles. The first-order valence-electron chi connectivity index (χ1n) is 11.7. The third-order valence-corrected chi connectivity index (χ3v) is 7.18. The number of aromatic hydroxyl groups is 1. The van der Waals surface area contributed by atoms with Crippen LogP contribution in [0.4, 0.5) is 5.69 Å². The van der Waals surface area contributed by atoms with Crippen LogP contribution in [0.15, 0.2) is 42.5 Å². The normalized spacial score (nSPS) is 22.2. The maximum Gasteiger partial charge on any atom is 0.123 e. The number of aryl methyl sites for hydroxylation is 1. The lowest BCUT2D eigenvalue weighted by atomic mass is 9.70. The smallest absolute Gasteiger partial charge is 0.123 e. The molecule has 0 aromatic heterocycles. The Bertz CT molecular complexity index is 850. The van der Waals surface area contributed by atoms with Crippen LogP contribution in [0, 0.1) is 17.8 Å². The Balaban J connectivity index is 1.58. The molecule has 0 radical (unpaired) electrons. The van der Waals surface area contributed by atoms with Crippen molar-refractivity contribution in [1.29, 1.82) is 0 Å². The molecule has 1 saturated heterocycles. The molecule has 2 aromatic rings. The van der Waals surface area contributed by atoms with Crippen LogP contribution in [0.25, 0.3) is 0 Å². The average Bonchev–Trinajstić information content (AvgIpc) is 2.77. The van der Waals surface area contributed by atoms with Crippen LogP contribution in [-0.4, -0.2) is 24.5 Å². The number of hydrogen-bond acceptors (Lipinski definition) is 3. The maximum atomic E-state index is 11.0. The van der Waals surface area contributed by atoms with E-state index in [1.807, 2.05) is 12.1 Å². The number of rotatable bonds is 6. The highest BCUT2D eigenvalue weighted by Crippen LogP contribution is 2.44. The molecule has 3 nitrogen and oxygen atoms in total. The van der Waals surface area contributed by atoms with Crippen molar-refractivity contribution in [3.05, 3.63) is 59.2 Å². The fraction of sp³-hybridized carbons (Fsp3) is 0.519. The predicted octanol–water partition coefficient (Wildman–Crippen LogP) is 5.94. The summed E-state index contributed by atoms with van der Waals surface area (Å²) in [6, 6.07) is 15.1. The average molecular weight is 406 g/mol. The third kappa shape index (κ3) is 4.55. The van der Waals surface area contributed by atoms with Gasteiger partial charge in [0.05, 0.1) is 0 Å². The molecule has 160 valence electrons. The van der Waals surface area contributed by atoms with E-state index in [1.54, 1.807) is 0 Å². The van der Waals surface area contributed by atoms with E-state index >= 15 is 0 Å². The minimum atomic E-state index is 0.234. The number of fused-ring (bicyclic) bond motifs is 1. The second-order valence-electron chi connectivity index (χ2n) is 9.68. The van der Waals surface area contributed by atoms with Crippen molar-refractivity contribution in [2.24, 2.45) is 17.8 Å². The lowest BCUT2D eigenvalue weighted by molar-refractivity contribution is -0.111. The van der Waals surface area contributed by atoms with Gasteiger partial charge < -0.3 is 14.8 Å². The highest BCUT2D eigenvalue weighted by atomic mass is 16.3. The lowest BCUT2D eigenvalue weighted by Gasteiger charge is -2.35. The number of phenolic OH excluding ortho intramolecular Hbond substituents is 1. The number of piperidine rings is 1. The molecule has 0 amide bonds. The molecule has 2 aromatic carbocycles. The van der Waals surface area contributed by atoms with Gasteiger partial charge in [0.25, 0.3) is 0 Å². The van der Waals surface area contributed by atoms with Crippen molar-refractivity contribution in [1.82, 2.24) is 0 Å². The van der Waals surface area contributed by atoms with E-state index in [1.165, 1.54) is 41.6 Å². The van der Waals surface area contributed by atoms with Gasteiger partial charge in [-0.25, -0.2) is 0 Å². The summed E-state index contributed by atoms with van der Waals surface area (Å²) in [6.45, 7) is 6.55. The largest absolute Gasteiger partial charge is 0.508 e. The van der Waals surface area contributed by atoms with Crippen LogP contribution in [0.2, 0.25) is 0 Å². The van der Waals surface area contributed by atoms with Crippen molar-refractivity contribution >= 4 is 12.0 Å². The van der Waals surface area contributed by atoms with Crippen LogP contribution in [0.3, 0.4) is 0 Å². The van der Waals surface area contributed by atoms with E-state index < -0.39 is 0 Å². The molecule has 3 heteroatoms. The number of carbonyl (C=O) groups is 1. The first-order valence-corrected chi connectivity index (χ1v) is 11.7. The van der Waals surface area contributed by atoms with Crippen LogP contribution in [0.5, 0.6) is 5.75 Å². The van der Waals surface area contributed by atoms with Gasteiger partial charge in [-0.3, -0.25) is 0 Å². The molecule has 0 bridgehead atoms. The Morgan fingerprint density at radius 3 is 2.47 bits per heavy atom. The maximum absolute atomic E-state index is 11.0. The lowest BCUT2D eigenvalue weighted by Crippen LogP contribution is -2.34. The second-order valence-corrected chi connectivity index (χ2v) is 9.68. The van der Waals surface area contributed by atoms with Gasteiger partial charge in [0, 0.05) is 30.6 Å². The van der Waals surface area contributed by atoms with E-state index in [0.717, 1.165) is 44.6 Å². The summed E-state index contributed by atoms with van der Waals surface area (Å²) in [7, 11) is 0. The molecule has 2 aliphatic rings. The first-order chi connectivity index (χ1) is 14.5.